The Morgan fingerprint density at radius 1 is 1.59 bits per heavy atom. The van der Waals surface area contributed by atoms with Gasteiger partial charge in [-0.25, -0.2) is 0 Å². The molecule has 0 spiro atoms. The molecule has 0 aromatic heterocycles. The van der Waals surface area contributed by atoms with Crippen LogP contribution >= 0.6 is 34.2 Å². The Labute approximate surface area is 119 Å². The number of benzene rings is 1. The van der Waals surface area contributed by atoms with Crippen LogP contribution in [-0.2, 0) is 0 Å². The van der Waals surface area contributed by atoms with Gasteiger partial charge in [-0.1, -0.05) is 17.7 Å². The third-order valence-electron chi connectivity index (χ3n) is 2.17. The van der Waals surface area contributed by atoms with E-state index >= 15 is 0 Å². The molecule has 92 valence electrons. The monoisotopic (exact) mass is 365 g/mol. The van der Waals surface area contributed by atoms with Gasteiger partial charge < -0.3 is 10.0 Å². The quantitative estimate of drug-likeness (QED) is 0.643. The molecule has 1 aromatic carbocycles. The van der Waals surface area contributed by atoms with E-state index in [2.05, 4.69) is 29.2 Å². The van der Waals surface area contributed by atoms with Crippen LogP contribution in [0.5, 0.6) is 0 Å². The van der Waals surface area contributed by atoms with Crippen LogP contribution in [-0.4, -0.2) is 35.6 Å². The maximum atomic E-state index is 12.2. The van der Waals surface area contributed by atoms with Crippen molar-refractivity contribution in [3.8, 4) is 0 Å². The van der Waals surface area contributed by atoms with Crippen LogP contribution < -0.4 is 0 Å². The molecular formula is C12H13ClINO2. The third kappa shape index (κ3) is 3.97. The van der Waals surface area contributed by atoms with E-state index in [1.807, 2.05) is 0 Å². The van der Waals surface area contributed by atoms with Crippen LogP contribution in [0.1, 0.15) is 10.4 Å². The first-order valence-electron chi connectivity index (χ1n) is 5.06. The van der Waals surface area contributed by atoms with E-state index in [0.717, 1.165) is 3.57 Å². The van der Waals surface area contributed by atoms with Crippen molar-refractivity contribution in [3.05, 3.63) is 45.0 Å². The molecule has 0 radical (unpaired) electrons. The topological polar surface area (TPSA) is 40.5 Å². The molecule has 0 saturated heterocycles. The lowest BCUT2D eigenvalue weighted by molar-refractivity contribution is 0.0742. The minimum Gasteiger partial charge on any atom is -0.395 e. The second kappa shape index (κ2) is 6.98. The van der Waals surface area contributed by atoms with Crippen molar-refractivity contribution >= 4 is 40.1 Å². The summed E-state index contributed by atoms with van der Waals surface area (Å²) in [7, 11) is 0. The van der Waals surface area contributed by atoms with Crippen molar-refractivity contribution in [1.29, 1.82) is 0 Å². The molecule has 0 bridgehead atoms. The summed E-state index contributed by atoms with van der Waals surface area (Å²) in [6, 6.07) is 5.17. The lowest BCUT2D eigenvalue weighted by Gasteiger charge is -2.20. The van der Waals surface area contributed by atoms with Crippen LogP contribution in [0.4, 0.5) is 0 Å². The number of amides is 1. The highest BCUT2D eigenvalue weighted by Gasteiger charge is 2.17. The van der Waals surface area contributed by atoms with Gasteiger partial charge in [0.25, 0.3) is 5.91 Å². The largest absolute Gasteiger partial charge is 0.395 e. The van der Waals surface area contributed by atoms with Gasteiger partial charge >= 0.3 is 0 Å². The minimum absolute atomic E-state index is 0.0727. The molecule has 0 aliphatic rings. The van der Waals surface area contributed by atoms with Gasteiger partial charge in [-0.2, -0.15) is 0 Å². The molecule has 1 N–H and O–H groups in total. The standard InChI is InChI=1S/C12H13ClINO2/c1-2-5-15(6-7-16)12(17)10-8-9(13)3-4-11(10)14/h2-4,8,16H,1,5-7H2. The molecule has 0 fully saturated rings. The fraction of sp³-hybridized carbons (Fsp3) is 0.250. The highest BCUT2D eigenvalue weighted by atomic mass is 127. The zero-order valence-electron chi connectivity index (χ0n) is 9.20. The number of hydrogen-bond acceptors (Lipinski definition) is 2. The summed E-state index contributed by atoms with van der Waals surface area (Å²) in [4.78, 5) is 13.7. The number of aliphatic hydroxyl groups is 1. The first-order chi connectivity index (χ1) is 8.10. The van der Waals surface area contributed by atoms with Crippen molar-refractivity contribution in [2.45, 2.75) is 0 Å². The highest BCUT2D eigenvalue weighted by molar-refractivity contribution is 14.1. The predicted octanol–water partition coefficient (Wildman–Crippen LogP) is 2.57. The van der Waals surface area contributed by atoms with Crippen molar-refractivity contribution in [2.24, 2.45) is 0 Å². The molecule has 3 nitrogen and oxygen atoms in total. The Kier molecular flexibility index (Phi) is 5.94. The maximum absolute atomic E-state index is 12.2. The Bertz CT molecular complexity index is 423. The smallest absolute Gasteiger partial charge is 0.255 e. The summed E-state index contributed by atoms with van der Waals surface area (Å²) in [5, 5.41) is 9.45. The molecule has 17 heavy (non-hydrogen) atoms. The van der Waals surface area contributed by atoms with E-state index in [0.29, 0.717) is 17.1 Å². The number of hydrogen-bond donors (Lipinski definition) is 1. The number of aliphatic hydroxyl groups excluding tert-OH is 1. The third-order valence-corrected chi connectivity index (χ3v) is 3.34. The summed E-state index contributed by atoms with van der Waals surface area (Å²) in [6.07, 6.45) is 1.63. The molecular weight excluding hydrogens is 352 g/mol. The number of nitrogens with zero attached hydrogens (tertiary/aromatic N) is 1. The average Bonchev–Trinajstić information content (AvgIpc) is 2.31. The molecule has 1 aromatic rings. The molecule has 1 rings (SSSR count). The van der Waals surface area contributed by atoms with Gasteiger partial charge in [-0.3, -0.25) is 4.79 Å². The Morgan fingerprint density at radius 3 is 2.88 bits per heavy atom. The lowest BCUT2D eigenvalue weighted by Crippen LogP contribution is -2.34. The number of rotatable bonds is 5. The second-order valence-electron chi connectivity index (χ2n) is 3.39. The molecule has 0 atom stereocenters. The van der Waals surface area contributed by atoms with Gasteiger partial charge in [0.1, 0.15) is 0 Å². The van der Waals surface area contributed by atoms with Gasteiger partial charge in [0.15, 0.2) is 0 Å². The van der Waals surface area contributed by atoms with E-state index in [1.54, 1.807) is 24.3 Å². The van der Waals surface area contributed by atoms with Crippen LogP contribution in [0, 0.1) is 3.57 Å². The summed E-state index contributed by atoms with van der Waals surface area (Å²) >= 11 is 7.96. The average molecular weight is 366 g/mol. The fourth-order valence-corrected chi connectivity index (χ4v) is 2.12. The number of carbonyl (C=O) groups excluding carboxylic acids is 1. The van der Waals surface area contributed by atoms with Crippen LogP contribution in [0.15, 0.2) is 30.9 Å². The van der Waals surface area contributed by atoms with Gasteiger partial charge in [-0.05, 0) is 40.8 Å². The summed E-state index contributed by atoms with van der Waals surface area (Å²) in [5.74, 6) is -0.147. The summed E-state index contributed by atoms with van der Waals surface area (Å²) in [5.41, 5.74) is 0.549. The van der Waals surface area contributed by atoms with Crippen molar-refractivity contribution in [2.75, 3.05) is 19.7 Å². The molecule has 0 aliphatic carbocycles. The molecule has 5 heteroatoms. The van der Waals surface area contributed by atoms with E-state index < -0.39 is 0 Å². The van der Waals surface area contributed by atoms with E-state index in [1.165, 1.54) is 4.90 Å². The second-order valence-corrected chi connectivity index (χ2v) is 4.99. The number of halogens is 2. The molecule has 0 unspecified atom stereocenters. The Hall–Kier alpha value is -0.590. The molecule has 0 aliphatic heterocycles. The Morgan fingerprint density at radius 2 is 2.29 bits per heavy atom. The fourth-order valence-electron chi connectivity index (χ4n) is 1.38. The van der Waals surface area contributed by atoms with Gasteiger partial charge in [-0.15, -0.1) is 6.58 Å². The number of carbonyl (C=O) groups is 1. The van der Waals surface area contributed by atoms with E-state index in [-0.39, 0.29) is 19.1 Å². The molecule has 0 saturated carbocycles. The van der Waals surface area contributed by atoms with Crippen molar-refractivity contribution < 1.29 is 9.90 Å². The van der Waals surface area contributed by atoms with Crippen LogP contribution in [0.25, 0.3) is 0 Å². The van der Waals surface area contributed by atoms with Gasteiger partial charge in [0.2, 0.25) is 0 Å². The van der Waals surface area contributed by atoms with E-state index in [4.69, 9.17) is 16.7 Å². The SMILES string of the molecule is C=CCN(CCO)C(=O)c1cc(Cl)ccc1I. The summed E-state index contributed by atoms with van der Waals surface area (Å²) < 4.78 is 0.837. The lowest BCUT2D eigenvalue weighted by atomic mass is 10.2. The Balaban J connectivity index is 2.99. The van der Waals surface area contributed by atoms with Gasteiger partial charge in [0, 0.05) is 21.7 Å². The van der Waals surface area contributed by atoms with Crippen molar-refractivity contribution in [3.63, 3.8) is 0 Å². The highest BCUT2D eigenvalue weighted by Crippen LogP contribution is 2.19. The summed E-state index contributed by atoms with van der Waals surface area (Å²) in [6.45, 7) is 4.21. The van der Waals surface area contributed by atoms with E-state index in [9.17, 15) is 4.79 Å². The molecule has 0 heterocycles. The predicted molar refractivity (Wildman–Crippen MR) is 77.4 cm³/mol. The normalized spacial score (nSPS) is 10.1. The first kappa shape index (κ1) is 14.5. The van der Waals surface area contributed by atoms with Crippen LogP contribution in [0.3, 0.4) is 0 Å². The molecule has 1 amide bonds. The zero-order valence-corrected chi connectivity index (χ0v) is 12.1. The van der Waals surface area contributed by atoms with Crippen molar-refractivity contribution in [1.82, 2.24) is 4.90 Å². The maximum Gasteiger partial charge on any atom is 0.255 e. The minimum atomic E-state index is -0.147. The zero-order chi connectivity index (χ0) is 12.8. The van der Waals surface area contributed by atoms with Crippen LogP contribution in [0.2, 0.25) is 5.02 Å². The van der Waals surface area contributed by atoms with Gasteiger partial charge in [0.05, 0.1) is 12.2 Å². The first-order valence-corrected chi connectivity index (χ1v) is 6.52.